The maximum atomic E-state index is 14.2. The number of hydrogen-bond donors (Lipinski definition) is 4. The van der Waals surface area contributed by atoms with E-state index < -0.39 is 63.5 Å². The molecule has 4 aromatic rings. The SMILES string of the molecule is C[C@@H](OC1CO[PH](=O)OC2C(O)C(CPO[C@@H]1CF)OC2n1cnc2c(=O)[nH]c(N)nc21)n1cnc2c(N)ncnc21. The number of hydrogen-bond acceptors (Lipinski definition) is 15. The number of rotatable bonds is 5. The van der Waals surface area contributed by atoms with Crippen LogP contribution in [0.5, 0.6) is 0 Å². The molecule has 2 bridgehead atoms. The Labute approximate surface area is 237 Å². The van der Waals surface area contributed by atoms with Gasteiger partial charge >= 0.3 is 8.25 Å². The number of aliphatic hydroxyl groups is 1. The number of anilines is 2. The van der Waals surface area contributed by atoms with Crippen LogP contribution in [0.1, 0.15) is 19.4 Å². The first kappa shape index (κ1) is 28.9. The Morgan fingerprint density at radius 2 is 2.07 bits per heavy atom. The lowest BCUT2D eigenvalue weighted by atomic mass is 10.1. The number of nitrogens with zero attached hydrogens (tertiary/aromatic N) is 7. The molecule has 0 radical (unpaired) electrons. The van der Waals surface area contributed by atoms with Crippen LogP contribution in [0, 0.1) is 0 Å². The Morgan fingerprint density at radius 3 is 2.88 bits per heavy atom. The molecule has 6 heterocycles. The van der Waals surface area contributed by atoms with Crippen LogP contribution in [0.3, 0.4) is 0 Å². The molecular formula is C21H27FN10O8P2. The molecule has 42 heavy (non-hydrogen) atoms. The summed E-state index contributed by atoms with van der Waals surface area (Å²) >= 11 is 0. The minimum Gasteiger partial charge on any atom is -0.387 e. The van der Waals surface area contributed by atoms with E-state index in [1.54, 1.807) is 11.5 Å². The van der Waals surface area contributed by atoms with Crippen molar-refractivity contribution < 1.29 is 37.1 Å². The van der Waals surface area contributed by atoms with Crippen LogP contribution in [0.25, 0.3) is 22.3 Å². The molecule has 6 N–H and O–H groups in total. The molecule has 226 valence electrons. The summed E-state index contributed by atoms with van der Waals surface area (Å²) in [5, 5.41) is 11.0. The van der Waals surface area contributed by atoms with E-state index in [1.807, 2.05) is 0 Å². The van der Waals surface area contributed by atoms with Gasteiger partial charge in [0.15, 0.2) is 28.9 Å². The summed E-state index contributed by atoms with van der Waals surface area (Å²) in [6, 6.07) is 0. The number of halogens is 1. The normalized spacial score (nSPS) is 30.4. The third kappa shape index (κ3) is 5.38. The first-order chi connectivity index (χ1) is 20.2. The van der Waals surface area contributed by atoms with Crippen molar-refractivity contribution in [3.05, 3.63) is 29.3 Å². The van der Waals surface area contributed by atoms with E-state index in [1.165, 1.54) is 23.5 Å². The number of nitrogens with two attached hydrogens (primary N) is 2. The molecule has 6 rings (SSSR count). The van der Waals surface area contributed by atoms with Gasteiger partial charge in [0.2, 0.25) is 5.95 Å². The highest BCUT2D eigenvalue weighted by molar-refractivity contribution is 7.33. The largest absolute Gasteiger partial charge is 0.387 e. The minimum absolute atomic E-state index is 0.0174. The van der Waals surface area contributed by atoms with Gasteiger partial charge in [-0.25, -0.2) is 24.3 Å². The highest BCUT2D eigenvalue weighted by Gasteiger charge is 2.47. The van der Waals surface area contributed by atoms with Gasteiger partial charge in [0.25, 0.3) is 5.56 Å². The molecule has 2 fully saturated rings. The number of alkyl halides is 1. The highest BCUT2D eigenvalue weighted by atomic mass is 31.1. The first-order valence-corrected chi connectivity index (χ1v) is 15.0. The second kappa shape index (κ2) is 11.9. The van der Waals surface area contributed by atoms with E-state index in [2.05, 4.69) is 29.9 Å². The number of nitrogen functional groups attached to an aromatic ring is 2. The maximum Gasteiger partial charge on any atom is 0.319 e. The molecule has 2 aliphatic rings. The van der Waals surface area contributed by atoms with Gasteiger partial charge in [-0.15, -0.1) is 0 Å². The van der Waals surface area contributed by atoms with Crippen molar-refractivity contribution in [3.63, 3.8) is 0 Å². The van der Waals surface area contributed by atoms with Crippen molar-refractivity contribution in [1.29, 1.82) is 0 Å². The summed E-state index contributed by atoms with van der Waals surface area (Å²) in [5.74, 6) is 0.0333. The summed E-state index contributed by atoms with van der Waals surface area (Å²) in [7, 11) is -3.65. The summed E-state index contributed by atoms with van der Waals surface area (Å²) < 4.78 is 59.3. The van der Waals surface area contributed by atoms with Gasteiger partial charge in [0.05, 0.1) is 25.4 Å². The molecule has 0 aromatic carbocycles. The van der Waals surface area contributed by atoms with Gasteiger partial charge < -0.3 is 35.1 Å². The molecule has 21 heteroatoms. The Morgan fingerprint density at radius 1 is 1.26 bits per heavy atom. The van der Waals surface area contributed by atoms with E-state index in [-0.39, 0.29) is 44.5 Å². The lowest BCUT2D eigenvalue weighted by Crippen LogP contribution is -2.38. The fraction of sp³-hybridized carbons (Fsp3) is 0.524. The van der Waals surface area contributed by atoms with Crippen molar-refractivity contribution in [2.75, 3.05) is 30.9 Å². The van der Waals surface area contributed by atoms with Crippen molar-refractivity contribution in [2.45, 2.75) is 49.9 Å². The third-order valence-electron chi connectivity index (χ3n) is 6.87. The average molecular weight is 628 g/mol. The van der Waals surface area contributed by atoms with E-state index in [9.17, 15) is 18.9 Å². The minimum atomic E-state index is -3.32. The molecule has 0 spiro atoms. The fourth-order valence-corrected chi connectivity index (χ4v) is 6.67. The van der Waals surface area contributed by atoms with Gasteiger partial charge in [0, 0.05) is 15.0 Å². The average Bonchev–Trinajstić information content (AvgIpc) is 3.66. The van der Waals surface area contributed by atoms with Crippen molar-refractivity contribution in [1.82, 2.24) is 39.0 Å². The number of fused-ring (bicyclic) bond motifs is 4. The molecule has 0 amide bonds. The topological polar surface area (TPSA) is 243 Å². The van der Waals surface area contributed by atoms with Crippen LogP contribution < -0.4 is 17.0 Å². The van der Waals surface area contributed by atoms with Gasteiger partial charge in [-0.3, -0.25) is 28.0 Å². The summed E-state index contributed by atoms with van der Waals surface area (Å²) in [5.41, 5.74) is 11.8. The predicted molar refractivity (Wildman–Crippen MR) is 146 cm³/mol. The lowest BCUT2D eigenvalue weighted by molar-refractivity contribution is -0.108. The van der Waals surface area contributed by atoms with E-state index in [0.717, 1.165) is 0 Å². The zero-order valence-corrected chi connectivity index (χ0v) is 23.9. The number of imidazole rings is 2. The smallest absolute Gasteiger partial charge is 0.319 e. The first-order valence-electron chi connectivity index (χ1n) is 12.7. The summed E-state index contributed by atoms with van der Waals surface area (Å²) in [6.07, 6.45) is -3.16. The predicted octanol–water partition coefficient (Wildman–Crippen LogP) is 0.0392. The van der Waals surface area contributed by atoms with Crippen molar-refractivity contribution in [2.24, 2.45) is 0 Å². The molecule has 2 aliphatic heterocycles. The molecule has 0 saturated carbocycles. The van der Waals surface area contributed by atoms with E-state index in [0.29, 0.717) is 11.2 Å². The molecule has 7 unspecified atom stereocenters. The fourth-order valence-electron chi connectivity index (χ4n) is 4.80. The van der Waals surface area contributed by atoms with E-state index >= 15 is 0 Å². The Hall–Kier alpha value is -3.15. The Balaban J connectivity index is 1.23. The monoisotopic (exact) mass is 628 g/mol. The molecule has 4 aromatic heterocycles. The number of H-pyrrole nitrogens is 1. The number of aromatic nitrogens is 8. The summed E-state index contributed by atoms with van der Waals surface area (Å²) in [6.45, 7) is 0.366. The van der Waals surface area contributed by atoms with Crippen LogP contribution >= 0.6 is 17.1 Å². The maximum absolute atomic E-state index is 14.2. The lowest BCUT2D eigenvalue weighted by Gasteiger charge is -2.29. The van der Waals surface area contributed by atoms with Crippen LogP contribution in [0.4, 0.5) is 16.2 Å². The Kier molecular flexibility index (Phi) is 8.17. The quantitative estimate of drug-likeness (QED) is 0.213. The van der Waals surface area contributed by atoms with Crippen LogP contribution in [-0.4, -0.2) is 94.1 Å². The molecule has 2 saturated heterocycles. The van der Waals surface area contributed by atoms with Gasteiger partial charge in [-0.1, -0.05) is 0 Å². The van der Waals surface area contributed by atoms with Crippen LogP contribution in [0.2, 0.25) is 0 Å². The molecular weight excluding hydrogens is 601 g/mol. The molecule has 9 atom stereocenters. The van der Waals surface area contributed by atoms with Crippen molar-refractivity contribution >= 4 is 51.2 Å². The zero-order chi connectivity index (χ0) is 29.5. The number of aromatic amines is 1. The van der Waals surface area contributed by atoms with Crippen molar-refractivity contribution in [3.8, 4) is 0 Å². The number of ether oxygens (including phenoxy) is 2. The second-order valence-electron chi connectivity index (χ2n) is 9.49. The second-order valence-corrected chi connectivity index (χ2v) is 11.4. The van der Waals surface area contributed by atoms with Gasteiger partial charge in [0.1, 0.15) is 49.2 Å². The highest BCUT2D eigenvalue weighted by Crippen LogP contribution is 2.42. The third-order valence-corrected chi connectivity index (χ3v) is 8.78. The van der Waals surface area contributed by atoms with E-state index in [4.69, 9.17) is 34.5 Å². The number of nitrogens with one attached hydrogen (secondary N) is 1. The zero-order valence-electron chi connectivity index (χ0n) is 21.9. The van der Waals surface area contributed by atoms with Crippen LogP contribution in [0.15, 0.2) is 23.8 Å². The van der Waals surface area contributed by atoms with Crippen LogP contribution in [-0.2, 0) is 27.6 Å². The van der Waals surface area contributed by atoms with Gasteiger partial charge in [-0.2, -0.15) is 4.98 Å². The van der Waals surface area contributed by atoms with Gasteiger partial charge in [-0.05, 0) is 6.92 Å². The number of aliphatic hydroxyl groups excluding tert-OH is 1. The molecule has 18 nitrogen and oxygen atoms in total. The Bertz CT molecular complexity index is 1670. The standard InChI is InChI=1S/C21H27FN10O8P2/c1-8(31-6-27-12-16(23)25-5-26-17(12)31)37-10-3-36-42(35)40-15-14(33)11(4-41-39-9(10)2-22)38-20(15)32-7-28-13-18(32)29-21(24)30-19(13)34/h5-11,14-15,20,33,41-42H,2-4H2,1H3,(H2,23,25,26)(H3,24,29,30,34)/t8-,9-,10?,11?,14?,15?,20?/m1/s1. The molecule has 0 aliphatic carbocycles. The summed E-state index contributed by atoms with van der Waals surface area (Å²) in [4.78, 5) is 35.1.